The maximum absolute atomic E-state index is 12.3. The molecule has 1 aromatic carbocycles. The quantitative estimate of drug-likeness (QED) is 0.734. The molecule has 0 amide bonds. The molecule has 0 saturated carbocycles. The van der Waals surface area contributed by atoms with Gasteiger partial charge in [-0.2, -0.15) is 13.2 Å². The second kappa shape index (κ2) is 4.29. The molecule has 0 bridgehead atoms. The molecule has 1 heterocycles. The van der Waals surface area contributed by atoms with E-state index in [4.69, 9.17) is 0 Å². The van der Waals surface area contributed by atoms with Crippen molar-refractivity contribution >= 4 is 11.3 Å². The molecule has 0 aliphatic heterocycles. The lowest BCUT2D eigenvalue weighted by Gasteiger charge is -2.06. The highest BCUT2D eigenvalue weighted by Gasteiger charge is 2.29. The first-order valence-electron chi connectivity index (χ1n) is 4.74. The number of alkyl halides is 3. The summed E-state index contributed by atoms with van der Waals surface area (Å²) in [5, 5.41) is 1.96. The molecule has 84 valence electrons. The average molecular weight is 242 g/mol. The van der Waals surface area contributed by atoms with E-state index in [1.54, 1.807) is 11.3 Å². The predicted octanol–water partition coefficient (Wildman–Crippen LogP) is 4.36. The van der Waals surface area contributed by atoms with Gasteiger partial charge in [0.05, 0.1) is 5.56 Å². The topological polar surface area (TPSA) is 0 Å². The van der Waals surface area contributed by atoms with E-state index in [0.717, 1.165) is 22.6 Å². The highest BCUT2D eigenvalue weighted by atomic mass is 32.1. The summed E-state index contributed by atoms with van der Waals surface area (Å²) in [6, 6.07) is 9.23. The lowest BCUT2D eigenvalue weighted by atomic mass is 10.1. The molecule has 0 aliphatic carbocycles. The fourth-order valence-corrected chi connectivity index (χ4v) is 2.16. The standard InChI is InChI=1S/C12H9F3S/c13-12(14,15)10-5-3-9(4-6-10)8-11-2-1-7-16-11/h1-7H,8H2. The van der Waals surface area contributed by atoms with Crippen molar-refractivity contribution in [2.75, 3.05) is 0 Å². The molecule has 0 N–H and O–H groups in total. The predicted molar refractivity (Wildman–Crippen MR) is 58.6 cm³/mol. The Bertz CT molecular complexity index is 440. The van der Waals surface area contributed by atoms with Gasteiger partial charge in [0, 0.05) is 11.3 Å². The summed E-state index contributed by atoms with van der Waals surface area (Å²) in [5.74, 6) is 0. The minimum atomic E-state index is -4.25. The SMILES string of the molecule is FC(F)(F)c1ccc(Cc2cccs2)cc1. The molecule has 0 radical (unpaired) electrons. The van der Waals surface area contributed by atoms with Crippen molar-refractivity contribution in [2.24, 2.45) is 0 Å². The Balaban J connectivity index is 2.14. The van der Waals surface area contributed by atoms with Gasteiger partial charge in [0.2, 0.25) is 0 Å². The van der Waals surface area contributed by atoms with Gasteiger partial charge in [-0.25, -0.2) is 0 Å². The molecule has 0 nitrogen and oxygen atoms in total. The van der Waals surface area contributed by atoms with Gasteiger partial charge < -0.3 is 0 Å². The maximum Gasteiger partial charge on any atom is 0.416 e. The van der Waals surface area contributed by atoms with Crippen molar-refractivity contribution in [2.45, 2.75) is 12.6 Å². The van der Waals surface area contributed by atoms with Crippen molar-refractivity contribution in [3.05, 3.63) is 57.8 Å². The highest BCUT2D eigenvalue weighted by Crippen LogP contribution is 2.29. The monoisotopic (exact) mass is 242 g/mol. The van der Waals surface area contributed by atoms with Gasteiger partial charge in [0.1, 0.15) is 0 Å². The van der Waals surface area contributed by atoms with E-state index >= 15 is 0 Å². The van der Waals surface area contributed by atoms with E-state index in [9.17, 15) is 13.2 Å². The Hall–Kier alpha value is -1.29. The minimum Gasteiger partial charge on any atom is -0.166 e. The van der Waals surface area contributed by atoms with Crippen LogP contribution >= 0.6 is 11.3 Å². The second-order valence-corrected chi connectivity index (χ2v) is 4.48. The highest BCUT2D eigenvalue weighted by molar-refractivity contribution is 7.09. The summed E-state index contributed by atoms with van der Waals surface area (Å²) in [6.07, 6.45) is -3.56. The second-order valence-electron chi connectivity index (χ2n) is 3.45. The van der Waals surface area contributed by atoms with Gasteiger partial charge in [-0.15, -0.1) is 11.3 Å². The summed E-state index contributed by atoms with van der Waals surface area (Å²) < 4.78 is 36.9. The van der Waals surface area contributed by atoms with Crippen molar-refractivity contribution < 1.29 is 13.2 Å². The van der Waals surface area contributed by atoms with Crippen molar-refractivity contribution in [3.63, 3.8) is 0 Å². The van der Waals surface area contributed by atoms with Gasteiger partial charge in [0.25, 0.3) is 0 Å². The molecule has 0 fully saturated rings. The van der Waals surface area contributed by atoms with Crippen LogP contribution in [0, 0.1) is 0 Å². The number of halogens is 3. The van der Waals surface area contributed by atoms with Crippen LogP contribution in [0.4, 0.5) is 13.2 Å². The fourth-order valence-electron chi connectivity index (χ4n) is 1.43. The molecule has 2 rings (SSSR count). The van der Waals surface area contributed by atoms with Crippen LogP contribution < -0.4 is 0 Å². The summed E-state index contributed by atoms with van der Waals surface area (Å²) >= 11 is 1.61. The molecule has 0 atom stereocenters. The molecule has 0 saturated heterocycles. The average Bonchev–Trinajstić information content (AvgIpc) is 2.70. The number of hydrogen-bond acceptors (Lipinski definition) is 1. The molecule has 1 aromatic heterocycles. The Labute approximate surface area is 95.4 Å². The lowest BCUT2D eigenvalue weighted by molar-refractivity contribution is -0.137. The molecule has 2 aromatic rings. The van der Waals surface area contributed by atoms with Gasteiger partial charge in [0.15, 0.2) is 0 Å². The number of thiophene rings is 1. The van der Waals surface area contributed by atoms with Gasteiger partial charge in [-0.05, 0) is 29.1 Å². The van der Waals surface area contributed by atoms with E-state index in [1.807, 2.05) is 17.5 Å². The molecule has 16 heavy (non-hydrogen) atoms. The van der Waals surface area contributed by atoms with E-state index in [0.29, 0.717) is 6.42 Å². The van der Waals surface area contributed by atoms with Crippen LogP contribution in [0.25, 0.3) is 0 Å². The van der Waals surface area contributed by atoms with Crippen molar-refractivity contribution in [3.8, 4) is 0 Å². The normalized spacial score (nSPS) is 11.7. The van der Waals surface area contributed by atoms with Crippen LogP contribution in [0.5, 0.6) is 0 Å². The summed E-state index contributed by atoms with van der Waals surface area (Å²) in [5.41, 5.74) is 0.304. The number of benzene rings is 1. The zero-order valence-electron chi connectivity index (χ0n) is 8.29. The Kier molecular flexibility index (Phi) is 3.01. The smallest absolute Gasteiger partial charge is 0.166 e. The molecular formula is C12H9F3S. The van der Waals surface area contributed by atoms with Crippen LogP contribution in [0.2, 0.25) is 0 Å². The van der Waals surface area contributed by atoms with Gasteiger partial charge in [-0.1, -0.05) is 18.2 Å². The Morgan fingerprint density at radius 3 is 2.19 bits per heavy atom. The van der Waals surface area contributed by atoms with E-state index in [2.05, 4.69) is 0 Å². The molecule has 0 aliphatic rings. The Morgan fingerprint density at radius 1 is 1.00 bits per heavy atom. The largest absolute Gasteiger partial charge is 0.416 e. The van der Waals surface area contributed by atoms with Crippen molar-refractivity contribution in [1.82, 2.24) is 0 Å². The number of hydrogen-bond donors (Lipinski definition) is 0. The number of rotatable bonds is 2. The zero-order chi connectivity index (χ0) is 11.6. The lowest BCUT2D eigenvalue weighted by Crippen LogP contribution is -2.04. The molecule has 4 heteroatoms. The first kappa shape index (κ1) is 11.2. The van der Waals surface area contributed by atoms with E-state index < -0.39 is 11.7 Å². The third kappa shape index (κ3) is 2.64. The van der Waals surface area contributed by atoms with Gasteiger partial charge in [-0.3, -0.25) is 0 Å². The van der Waals surface area contributed by atoms with Crippen LogP contribution in [0.3, 0.4) is 0 Å². The molecule has 0 spiro atoms. The van der Waals surface area contributed by atoms with E-state index in [1.165, 1.54) is 12.1 Å². The Morgan fingerprint density at radius 2 is 1.69 bits per heavy atom. The van der Waals surface area contributed by atoms with E-state index in [-0.39, 0.29) is 0 Å². The first-order chi connectivity index (χ1) is 7.55. The van der Waals surface area contributed by atoms with Crippen LogP contribution in [-0.2, 0) is 12.6 Å². The van der Waals surface area contributed by atoms with Gasteiger partial charge >= 0.3 is 6.18 Å². The van der Waals surface area contributed by atoms with Crippen LogP contribution in [0.1, 0.15) is 16.0 Å². The maximum atomic E-state index is 12.3. The summed E-state index contributed by atoms with van der Waals surface area (Å²) in [6.45, 7) is 0. The fraction of sp³-hybridized carbons (Fsp3) is 0.167. The first-order valence-corrected chi connectivity index (χ1v) is 5.62. The molecule has 0 unspecified atom stereocenters. The van der Waals surface area contributed by atoms with Crippen molar-refractivity contribution in [1.29, 1.82) is 0 Å². The zero-order valence-corrected chi connectivity index (χ0v) is 9.11. The molecular weight excluding hydrogens is 233 g/mol. The minimum absolute atomic E-state index is 0.595. The van der Waals surface area contributed by atoms with Crippen LogP contribution in [0.15, 0.2) is 41.8 Å². The third-order valence-electron chi connectivity index (χ3n) is 2.24. The summed E-state index contributed by atoms with van der Waals surface area (Å²) in [7, 11) is 0. The summed E-state index contributed by atoms with van der Waals surface area (Å²) in [4.78, 5) is 1.15. The van der Waals surface area contributed by atoms with Crippen LogP contribution in [-0.4, -0.2) is 0 Å². The third-order valence-corrected chi connectivity index (χ3v) is 3.12.